The first-order valence-electron chi connectivity index (χ1n) is 9.55. The molecule has 4 N–H and O–H groups in total. The van der Waals surface area contributed by atoms with Crippen molar-refractivity contribution in [1.29, 1.82) is 0 Å². The summed E-state index contributed by atoms with van der Waals surface area (Å²) in [5.41, 5.74) is 7.15. The van der Waals surface area contributed by atoms with Crippen LogP contribution in [0.5, 0.6) is 5.75 Å². The van der Waals surface area contributed by atoms with Crippen LogP contribution < -0.4 is 26.0 Å². The molecule has 1 aliphatic rings. The fourth-order valence-electron chi connectivity index (χ4n) is 3.24. The van der Waals surface area contributed by atoms with Crippen LogP contribution in [0.3, 0.4) is 0 Å². The number of aromatic nitrogens is 4. The lowest BCUT2D eigenvalue weighted by molar-refractivity contribution is 0.102. The first kappa shape index (κ1) is 18.9. The number of hydrogen-bond acceptors (Lipinski definition) is 8. The van der Waals surface area contributed by atoms with Crippen molar-refractivity contribution in [2.24, 2.45) is 0 Å². The number of nitrogens with one attached hydrogen (secondary N) is 2. The van der Waals surface area contributed by atoms with Crippen LogP contribution in [-0.4, -0.2) is 57.8 Å². The van der Waals surface area contributed by atoms with Gasteiger partial charge in [0.15, 0.2) is 11.5 Å². The highest BCUT2D eigenvalue weighted by Gasteiger charge is 2.22. The van der Waals surface area contributed by atoms with Gasteiger partial charge in [0.1, 0.15) is 22.8 Å². The Balaban J connectivity index is 1.66. The lowest BCUT2D eigenvalue weighted by Gasteiger charge is -2.28. The monoisotopic (exact) mass is 396 g/mol. The molecule has 4 rings (SSSR count). The van der Waals surface area contributed by atoms with Gasteiger partial charge in [0.2, 0.25) is 0 Å². The van der Waals surface area contributed by atoms with E-state index in [0.717, 1.165) is 32.0 Å². The van der Waals surface area contributed by atoms with E-state index in [0.29, 0.717) is 17.1 Å². The number of piperazine rings is 1. The fourth-order valence-corrected chi connectivity index (χ4v) is 3.24. The van der Waals surface area contributed by atoms with E-state index in [2.05, 4.69) is 30.6 Å². The molecule has 29 heavy (non-hydrogen) atoms. The molecule has 0 bridgehead atoms. The lowest BCUT2D eigenvalue weighted by Crippen LogP contribution is -2.43. The lowest BCUT2D eigenvalue weighted by atomic mass is 10.2. The predicted octanol–water partition coefficient (Wildman–Crippen LogP) is 1.16. The van der Waals surface area contributed by atoms with E-state index in [1.165, 1.54) is 10.7 Å². The number of nitrogens with two attached hydrogens (primary N) is 1. The van der Waals surface area contributed by atoms with Gasteiger partial charge in [-0.1, -0.05) is 0 Å². The molecule has 0 unspecified atom stereocenters. The third kappa shape index (κ3) is 3.92. The van der Waals surface area contributed by atoms with Crippen molar-refractivity contribution in [1.82, 2.24) is 24.9 Å². The predicted molar refractivity (Wildman–Crippen MR) is 110 cm³/mol. The molecule has 3 aromatic rings. The second kappa shape index (κ2) is 7.92. The summed E-state index contributed by atoms with van der Waals surface area (Å²) in [6.07, 6.45) is 4.87. The van der Waals surface area contributed by atoms with Gasteiger partial charge in [-0.15, -0.1) is 5.10 Å². The standard InChI is InChI=1S/C19H24N8O2/c1-12(2)29-14-3-5-22-11-13(14)23-19(28)16-17(20)25-27-8-4-15(24-18(16)27)26-9-6-21-7-10-26/h3-5,8,11-12,21H,6-7,9-10H2,1-2H3,(H2,20,25)(H,23,28). The van der Waals surface area contributed by atoms with Gasteiger partial charge >= 0.3 is 0 Å². The molecule has 10 nitrogen and oxygen atoms in total. The molecule has 0 radical (unpaired) electrons. The Bertz CT molecular complexity index is 1030. The molecule has 10 heteroatoms. The average molecular weight is 396 g/mol. The van der Waals surface area contributed by atoms with Gasteiger partial charge < -0.3 is 26.0 Å². The molecule has 0 atom stereocenters. The Labute approximate surface area is 168 Å². The summed E-state index contributed by atoms with van der Waals surface area (Å²) in [6.45, 7) is 7.30. The Kier molecular flexibility index (Phi) is 5.17. The minimum Gasteiger partial charge on any atom is -0.489 e. The number of hydrogen-bond donors (Lipinski definition) is 3. The molecule has 0 aliphatic carbocycles. The molecule has 1 fully saturated rings. The average Bonchev–Trinajstić information content (AvgIpc) is 3.04. The third-order valence-corrected chi connectivity index (χ3v) is 4.56. The van der Waals surface area contributed by atoms with Crippen molar-refractivity contribution in [3.63, 3.8) is 0 Å². The van der Waals surface area contributed by atoms with Gasteiger partial charge in [-0.25, -0.2) is 9.50 Å². The molecule has 3 aromatic heterocycles. The van der Waals surface area contributed by atoms with E-state index in [1.807, 2.05) is 19.9 Å². The number of ether oxygens (including phenoxy) is 1. The molecule has 4 heterocycles. The molecule has 152 valence electrons. The van der Waals surface area contributed by atoms with E-state index in [4.69, 9.17) is 10.5 Å². The second-order valence-electron chi connectivity index (χ2n) is 7.04. The Morgan fingerprint density at radius 1 is 1.31 bits per heavy atom. The van der Waals surface area contributed by atoms with Crippen LogP contribution in [0.1, 0.15) is 24.2 Å². The third-order valence-electron chi connectivity index (χ3n) is 4.56. The van der Waals surface area contributed by atoms with Gasteiger partial charge in [-0.2, -0.15) is 0 Å². The summed E-state index contributed by atoms with van der Waals surface area (Å²) < 4.78 is 7.26. The summed E-state index contributed by atoms with van der Waals surface area (Å²) in [5, 5.41) is 10.4. The zero-order valence-electron chi connectivity index (χ0n) is 16.4. The van der Waals surface area contributed by atoms with E-state index in [1.54, 1.807) is 18.5 Å². The number of pyridine rings is 1. The minimum atomic E-state index is -0.413. The van der Waals surface area contributed by atoms with Crippen molar-refractivity contribution in [2.75, 3.05) is 42.1 Å². The summed E-state index contributed by atoms with van der Waals surface area (Å²) in [7, 11) is 0. The Morgan fingerprint density at radius 3 is 2.86 bits per heavy atom. The normalized spacial score (nSPS) is 14.4. The quantitative estimate of drug-likeness (QED) is 0.587. The van der Waals surface area contributed by atoms with Crippen molar-refractivity contribution in [3.8, 4) is 5.75 Å². The fraction of sp³-hybridized carbons (Fsp3) is 0.368. The number of nitrogen functional groups attached to an aromatic ring is 1. The summed E-state index contributed by atoms with van der Waals surface area (Å²) in [5.74, 6) is 1.03. The number of carbonyl (C=O) groups excluding carboxylic acids is 1. The van der Waals surface area contributed by atoms with Crippen molar-refractivity contribution in [3.05, 3.63) is 36.3 Å². The SMILES string of the molecule is CC(C)Oc1ccncc1NC(=O)c1c(N)nn2ccc(N3CCNCC3)nc12. The van der Waals surface area contributed by atoms with Crippen molar-refractivity contribution in [2.45, 2.75) is 20.0 Å². The van der Waals surface area contributed by atoms with Crippen molar-refractivity contribution < 1.29 is 9.53 Å². The summed E-state index contributed by atoms with van der Waals surface area (Å²) in [4.78, 5) is 23.9. The largest absolute Gasteiger partial charge is 0.489 e. The maximum Gasteiger partial charge on any atom is 0.263 e. The number of carbonyl (C=O) groups is 1. The molecule has 0 spiro atoms. The van der Waals surface area contributed by atoms with Crippen LogP contribution in [-0.2, 0) is 0 Å². The maximum atomic E-state index is 13.0. The number of amides is 1. The van der Waals surface area contributed by atoms with E-state index >= 15 is 0 Å². The number of rotatable bonds is 5. The minimum absolute atomic E-state index is 0.0432. The second-order valence-corrected chi connectivity index (χ2v) is 7.04. The maximum absolute atomic E-state index is 13.0. The topological polar surface area (TPSA) is 123 Å². The van der Waals surface area contributed by atoms with Gasteiger partial charge in [0.25, 0.3) is 5.91 Å². The highest BCUT2D eigenvalue weighted by atomic mass is 16.5. The first-order chi connectivity index (χ1) is 14.0. The number of anilines is 3. The van der Waals surface area contributed by atoms with Gasteiger partial charge in [-0.3, -0.25) is 9.78 Å². The van der Waals surface area contributed by atoms with E-state index in [9.17, 15) is 4.79 Å². The van der Waals surface area contributed by atoms with E-state index < -0.39 is 5.91 Å². The highest BCUT2D eigenvalue weighted by molar-refractivity contribution is 6.12. The molecule has 0 saturated carbocycles. The van der Waals surface area contributed by atoms with Gasteiger partial charge in [0, 0.05) is 44.6 Å². The van der Waals surface area contributed by atoms with Crippen LogP contribution in [0.15, 0.2) is 30.7 Å². The molecule has 1 aliphatic heterocycles. The van der Waals surface area contributed by atoms with Crippen LogP contribution in [0.25, 0.3) is 5.65 Å². The number of fused-ring (bicyclic) bond motifs is 1. The van der Waals surface area contributed by atoms with Gasteiger partial charge in [0.05, 0.1) is 12.3 Å². The van der Waals surface area contributed by atoms with Crippen LogP contribution in [0.4, 0.5) is 17.3 Å². The highest BCUT2D eigenvalue weighted by Crippen LogP contribution is 2.26. The Hall–Kier alpha value is -3.40. The first-order valence-corrected chi connectivity index (χ1v) is 9.55. The van der Waals surface area contributed by atoms with Crippen LogP contribution >= 0.6 is 0 Å². The van der Waals surface area contributed by atoms with Crippen LogP contribution in [0, 0.1) is 0 Å². The molecule has 1 amide bonds. The van der Waals surface area contributed by atoms with Crippen molar-refractivity contribution >= 4 is 28.9 Å². The summed E-state index contributed by atoms with van der Waals surface area (Å²) >= 11 is 0. The zero-order chi connectivity index (χ0) is 20.4. The van der Waals surface area contributed by atoms with Crippen LogP contribution in [0.2, 0.25) is 0 Å². The zero-order valence-corrected chi connectivity index (χ0v) is 16.4. The smallest absolute Gasteiger partial charge is 0.263 e. The number of nitrogens with zero attached hydrogens (tertiary/aromatic N) is 5. The molecule has 1 saturated heterocycles. The molecular weight excluding hydrogens is 372 g/mol. The van der Waals surface area contributed by atoms with E-state index in [-0.39, 0.29) is 17.5 Å². The molecular formula is C19H24N8O2. The summed E-state index contributed by atoms with van der Waals surface area (Å²) in [6, 6.07) is 3.58. The Morgan fingerprint density at radius 2 is 2.10 bits per heavy atom. The molecule has 0 aromatic carbocycles. The van der Waals surface area contributed by atoms with Gasteiger partial charge in [-0.05, 0) is 19.9 Å².